The van der Waals surface area contributed by atoms with Crippen molar-refractivity contribution in [3.8, 4) is 0 Å². The van der Waals surface area contributed by atoms with Gasteiger partial charge in [-0.15, -0.1) is 0 Å². The van der Waals surface area contributed by atoms with Crippen molar-refractivity contribution in [1.29, 1.82) is 0 Å². The van der Waals surface area contributed by atoms with Gasteiger partial charge in [-0.2, -0.15) is 0 Å². The molecule has 5 rings (SSSR count). The number of hydrogen-bond acceptors (Lipinski definition) is 8. The van der Waals surface area contributed by atoms with E-state index >= 15 is 0 Å². The number of fused-ring (bicyclic) bond motifs is 1. The van der Waals surface area contributed by atoms with Crippen LogP contribution in [0.4, 0.5) is 5.82 Å². The van der Waals surface area contributed by atoms with Crippen molar-refractivity contribution in [2.75, 3.05) is 11.9 Å². The van der Waals surface area contributed by atoms with Crippen molar-refractivity contribution in [2.45, 2.75) is 56.3 Å². The van der Waals surface area contributed by atoms with Gasteiger partial charge in [0, 0.05) is 6.04 Å². The average molecular weight is 411 g/mol. The number of hydrogen-bond donors (Lipinski definition) is 4. The van der Waals surface area contributed by atoms with Crippen molar-refractivity contribution in [3.63, 3.8) is 0 Å². The molecule has 2 aliphatic carbocycles. The lowest BCUT2D eigenvalue weighted by molar-refractivity contribution is -0.0511. The molecule has 1 unspecified atom stereocenters. The highest BCUT2D eigenvalue weighted by Crippen LogP contribution is 2.34. The molecule has 3 aliphatic rings. The van der Waals surface area contributed by atoms with Gasteiger partial charge in [0.1, 0.15) is 24.6 Å². The summed E-state index contributed by atoms with van der Waals surface area (Å²) in [7, 11) is 0. The zero-order chi connectivity index (χ0) is 20.7. The number of nitrogens with one attached hydrogen (secondary N) is 1. The molecule has 3 heterocycles. The molecule has 1 aliphatic heterocycles. The second-order valence-electron chi connectivity index (χ2n) is 7.98. The molecular formula is C21H25N5O4. The molecule has 158 valence electrons. The third-order valence-electron chi connectivity index (χ3n) is 6.11. The number of ether oxygens (including phenoxy) is 1. The molecule has 2 aromatic heterocycles. The highest BCUT2D eigenvalue weighted by atomic mass is 16.6. The summed E-state index contributed by atoms with van der Waals surface area (Å²) in [5.41, 5.74) is 3.95. The summed E-state index contributed by atoms with van der Waals surface area (Å²) in [6.07, 6.45) is 11.5. The Hall–Kier alpha value is -2.59. The predicted molar refractivity (Wildman–Crippen MR) is 110 cm³/mol. The minimum absolute atomic E-state index is 0.240. The first-order valence-electron chi connectivity index (χ1n) is 10.3. The largest absolute Gasteiger partial charge is 0.394 e. The molecule has 0 spiro atoms. The van der Waals surface area contributed by atoms with Crippen LogP contribution in [0.25, 0.3) is 11.2 Å². The number of rotatable bonds is 4. The molecule has 2 aromatic rings. The van der Waals surface area contributed by atoms with Gasteiger partial charge < -0.3 is 25.4 Å². The van der Waals surface area contributed by atoms with E-state index in [1.54, 1.807) is 4.57 Å². The Kier molecular flexibility index (Phi) is 5.11. The lowest BCUT2D eigenvalue weighted by Crippen LogP contribution is -2.33. The summed E-state index contributed by atoms with van der Waals surface area (Å²) in [6, 6.07) is 0.240. The fourth-order valence-corrected chi connectivity index (χ4v) is 4.47. The highest BCUT2D eigenvalue weighted by molar-refractivity contribution is 5.82. The van der Waals surface area contributed by atoms with Crippen molar-refractivity contribution in [2.24, 2.45) is 0 Å². The number of imidazole rings is 1. The Balaban J connectivity index is 1.39. The van der Waals surface area contributed by atoms with Crippen LogP contribution in [0.15, 0.2) is 48.1 Å². The van der Waals surface area contributed by atoms with Crippen LogP contribution in [0.1, 0.15) is 31.9 Å². The SMILES string of the molecule is OC[C@H]1O[C@@H](n2cnc3c(NC4CCC5=C(C=CC=CC5)C4)ncnc32)[C@H](O)[C@@H]1O. The van der Waals surface area contributed by atoms with E-state index in [1.165, 1.54) is 23.8 Å². The van der Waals surface area contributed by atoms with Gasteiger partial charge in [-0.05, 0) is 31.3 Å². The van der Waals surface area contributed by atoms with Crippen molar-refractivity contribution >= 4 is 17.0 Å². The van der Waals surface area contributed by atoms with E-state index in [-0.39, 0.29) is 12.6 Å². The molecule has 0 bridgehead atoms. The van der Waals surface area contributed by atoms with Crippen LogP contribution in [0, 0.1) is 0 Å². The predicted octanol–water partition coefficient (Wildman–Crippen LogP) is 1.21. The summed E-state index contributed by atoms with van der Waals surface area (Å²) in [4.78, 5) is 13.1. The molecule has 0 radical (unpaired) electrons. The number of aromatic nitrogens is 4. The first-order valence-corrected chi connectivity index (χ1v) is 10.3. The average Bonchev–Trinajstić information content (AvgIpc) is 3.20. The quantitative estimate of drug-likeness (QED) is 0.592. The van der Waals surface area contributed by atoms with E-state index in [0.717, 1.165) is 25.7 Å². The fourth-order valence-electron chi connectivity index (χ4n) is 4.47. The summed E-state index contributed by atoms with van der Waals surface area (Å²) in [5.74, 6) is 0.635. The molecule has 0 aromatic carbocycles. The Morgan fingerprint density at radius 3 is 2.90 bits per heavy atom. The normalized spacial score (nSPS) is 31.2. The lowest BCUT2D eigenvalue weighted by atomic mass is 9.87. The summed E-state index contributed by atoms with van der Waals surface area (Å²) in [6.45, 7) is -0.382. The molecule has 9 heteroatoms. The van der Waals surface area contributed by atoms with Crippen LogP contribution in [0.5, 0.6) is 0 Å². The molecule has 30 heavy (non-hydrogen) atoms. The summed E-state index contributed by atoms with van der Waals surface area (Å²) < 4.78 is 7.20. The molecule has 1 saturated heterocycles. The number of anilines is 1. The summed E-state index contributed by atoms with van der Waals surface area (Å²) >= 11 is 0. The Labute approximate surface area is 173 Å². The smallest absolute Gasteiger partial charge is 0.167 e. The van der Waals surface area contributed by atoms with Gasteiger partial charge in [0.25, 0.3) is 0 Å². The van der Waals surface area contributed by atoms with Gasteiger partial charge in [-0.25, -0.2) is 15.0 Å². The topological polar surface area (TPSA) is 126 Å². The Bertz CT molecular complexity index is 1030. The van der Waals surface area contributed by atoms with Crippen LogP contribution < -0.4 is 5.32 Å². The monoisotopic (exact) mass is 411 g/mol. The number of nitrogens with zero attached hydrogens (tertiary/aromatic N) is 4. The Morgan fingerprint density at radius 2 is 2.07 bits per heavy atom. The number of aliphatic hydroxyl groups is 3. The van der Waals surface area contributed by atoms with E-state index < -0.39 is 24.5 Å². The van der Waals surface area contributed by atoms with Gasteiger partial charge in [-0.3, -0.25) is 4.57 Å². The third kappa shape index (κ3) is 3.33. The standard InChI is InChI=1S/C21H25N5O4/c27-9-15-17(28)18(29)21(30-15)26-11-24-16-19(22-10-23-20(16)26)25-14-7-6-12-4-2-1-3-5-13(12)8-14/h1-3,5,10-11,14-15,17-18,21,27-29H,4,6-9H2,(H,22,23,25)/t14?,15-,17-,18-,21-/m1/s1. The van der Waals surface area contributed by atoms with Crippen LogP contribution in [0.2, 0.25) is 0 Å². The van der Waals surface area contributed by atoms with Crippen LogP contribution in [-0.2, 0) is 4.74 Å². The number of allylic oxidation sites excluding steroid dienone is 5. The second-order valence-corrected chi connectivity index (χ2v) is 7.98. The van der Waals surface area contributed by atoms with Crippen molar-refractivity contribution in [1.82, 2.24) is 19.5 Å². The maximum absolute atomic E-state index is 10.3. The molecule has 4 N–H and O–H groups in total. The van der Waals surface area contributed by atoms with Crippen LogP contribution in [0.3, 0.4) is 0 Å². The molecular weight excluding hydrogens is 386 g/mol. The fraction of sp³-hybridized carbons (Fsp3) is 0.476. The maximum atomic E-state index is 10.3. The molecule has 0 amide bonds. The van der Waals surface area contributed by atoms with Crippen molar-refractivity contribution < 1.29 is 20.1 Å². The van der Waals surface area contributed by atoms with Gasteiger partial charge in [0.2, 0.25) is 0 Å². The first kappa shape index (κ1) is 19.4. The number of aliphatic hydroxyl groups excluding tert-OH is 3. The second kappa shape index (κ2) is 7.92. The van der Waals surface area contributed by atoms with E-state index in [9.17, 15) is 15.3 Å². The van der Waals surface area contributed by atoms with E-state index in [1.807, 2.05) is 0 Å². The third-order valence-corrected chi connectivity index (χ3v) is 6.11. The van der Waals surface area contributed by atoms with Gasteiger partial charge >= 0.3 is 0 Å². The molecule has 9 nitrogen and oxygen atoms in total. The van der Waals surface area contributed by atoms with Gasteiger partial charge in [-0.1, -0.05) is 29.9 Å². The van der Waals surface area contributed by atoms with Crippen LogP contribution >= 0.6 is 0 Å². The maximum Gasteiger partial charge on any atom is 0.167 e. The minimum Gasteiger partial charge on any atom is -0.394 e. The van der Waals surface area contributed by atoms with E-state index in [4.69, 9.17) is 4.74 Å². The molecule has 0 saturated carbocycles. The van der Waals surface area contributed by atoms with E-state index in [0.29, 0.717) is 17.0 Å². The van der Waals surface area contributed by atoms with Gasteiger partial charge in [0.15, 0.2) is 23.2 Å². The zero-order valence-corrected chi connectivity index (χ0v) is 16.4. The molecule has 5 atom stereocenters. The summed E-state index contributed by atoms with van der Waals surface area (Å²) in [5, 5.41) is 33.3. The van der Waals surface area contributed by atoms with E-state index in [2.05, 4.69) is 44.6 Å². The molecule has 1 fully saturated rings. The Morgan fingerprint density at radius 1 is 1.17 bits per heavy atom. The zero-order valence-electron chi connectivity index (χ0n) is 16.4. The van der Waals surface area contributed by atoms with Gasteiger partial charge in [0.05, 0.1) is 12.9 Å². The van der Waals surface area contributed by atoms with Crippen molar-refractivity contribution in [3.05, 3.63) is 48.1 Å². The minimum atomic E-state index is -1.19. The lowest BCUT2D eigenvalue weighted by Gasteiger charge is -2.26. The first-order chi connectivity index (χ1) is 14.7. The highest BCUT2D eigenvalue weighted by Gasteiger charge is 2.44. The van der Waals surface area contributed by atoms with Crippen LogP contribution in [-0.4, -0.2) is 65.8 Å².